The van der Waals surface area contributed by atoms with Gasteiger partial charge >= 0.3 is 6.18 Å². The Labute approximate surface area is 148 Å². The predicted octanol–water partition coefficient (Wildman–Crippen LogP) is 2.58. The number of hydrogen-bond donors (Lipinski definition) is 2. The molecule has 0 saturated carbocycles. The monoisotopic (exact) mass is 365 g/mol. The zero-order chi connectivity index (χ0) is 19.0. The first-order chi connectivity index (χ1) is 12.4. The summed E-state index contributed by atoms with van der Waals surface area (Å²) in [5.74, 6) is -0.643. The number of aryl methyl sites for hydroxylation is 1. The van der Waals surface area contributed by atoms with Gasteiger partial charge in [0, 0.05) is 37.5 Å². The minimum atomic E-state index is -4.43. The first kappa shape index (κ1) is 19.4. The molecule has 0 radical (unpaired) electrons. The van der Waals surface area contributed by atoms with Gasteiger partial charge in [-0.3, -0.25) is 14.6 Å². The van der Waals surface area contributed by atoms with Crippen molar-refractivity contribution in [2.75, 3.05) is 13.1 Å². The minimum Gasteiger partial charge on any atom is -0.354 e. The van der Waals surface area contributed by atoms with Crippen LogP contribution in [0.5, 0.6) is 0 Å². The van der Waals surface area contributed by atoms with Crippen molar-refractivity contribution in [2.24, 2.45) is 0 Å². The molecule has 2 rings (SSSR count). The number of nitrogens with zero attached hydrogens (tertiary/aromatic N) is 1. The molecular weight excluding hydrogens is 347 g/mol. The molecule has 0 aliphatic heterocycles. The van der Waals surface area contributed by atoms with E-state index in [0.717, 1.165) is 29.8 Å². The lowest BCUT2D eigenvalue weighted by Crippen LogP contribution is -2.34. The Morgan fingerprint density at radius 3 is 2.15 bits per heavy atom. The first-order valence-corrected chi connectivity index (χ1v) is 7.97. The van der Waals surface area contributed by atoms with Crippen molar-refractivity contribution in [3.8, 4) is 0 Å². The van der Waals surface area contributed by atoms with Gasteiger partial charge in [0.25, 0.3) is 5.91 Å². The highest BCUT2D eigenvalue weighted by molar-refractivity contribution is 5.94. The Kier molecular flexibility index (Phi) is 6.71. The third-order valence-electron chi connectivity index (χ3n) is 3.60. The standard InChI is InChI=1S/C18H18F3N3O2/c19-18(20,21)15-4-2-14(3-5-15)17(26)24-12-11-23-16(25)6-1-13-7-9-22-10-8-13/h2-5,7-10H,1,6,11-12H2,(H,23,25)(H,24,26). The second-order valence-electron chi connectivity index (χ2n) is 5.54. The SMILES string of the molecule is O=C(CCc1ccncc1)NCCNC(=O)c1ccc(C(F)(F)F)cc1. The lowest BCUT2D eigenvalue weighted by Gasteiger charge is -2.09. The molecular formula is C18H18F3N3O2. The molecule has 8 heteroatoms. The number of carbonyl (C=O) groups excluding carboxylic acids is 2. The molecule has 26 heavy (non-hydrogen) atoms. The van der Waals surface area contributed by atoms with Gasteiger partial charge < -0.3 is 10.6 Å². The summed E-state index contributed by atoms with van der Waals surface area (Å²) in [5, 5.41) is 5.21. The third kappa shape index (κ3) is 6.19. The Morgan fingerprint density at radius 1 is 0.923 bits per heavy atom. The summed E-state index contributed by atoms with van der Waals surface area (Å²) in [7, 11) is 0. The van der Waals surface area contributed by atoms with Gasteiger partial charge in [-0.25, -0.2) is 0 Å². The van der Waals surface area contributed by atoms with Crippen molar-refractivity contribution in [2.45, 2.75) is 19.0 Å². The van der Waals surface area contributed by atoms with E-state index in [2.05, 4.69) is 15.6 Å². The zero-order valence-corrected chi connectivity index (χ0v) is 13.8. The van der Waals surface area contributed by atoms with Crippen LogP contribution in [0, 0.1) is 0 Å². The lowest BCUT2D eigenvalue weighted by atomic mass is 10.1. The normalized spacial score (nSPS) is 11.0. The Bertz CT molecular complexity index is 732. The summed E-state index contributed by atoms with van der Waals surface area (Å²) >= 11 is 0. The highest BCUT2D eigenvalue weighted by Crippen LogP contribution is 2.28. The Balaban J connectivity index is 1.67. The third-order valence-corrected chi connectivity index (χ3v) is 3.60. The second kappa shape index (κ2) is 8.98. The fourth-order valence-corrected chi connectivity index (χ4v) is 2.19. The summed E-state index contributed by atoms with van der Waals surface area (Å²) < 4.78 is 37.4. The van der Waals surface area contributed by atoms with Crippen LogP contribution in [0.1, 0.15) is 27.9 Å². The topological polar surface area (TPSA) is 71.1 Å². The van der Waals surface area contributed by atoms with E-state index in [1.165, 1.54) is 0 Å². The van der Waals surface area contributed by atoms with Gasteiger partial charge in [-0.05, 0) is 48.4 Å². The van der Waals surface area contributed by atoms with Crippen LogP contribution in [-0.2, 0) is 17.4 Å². The average Bonchev–Trinajstić information content (AvgIpc) is 2.63. The van der Waals surface area contributed by atoms with Crippen LogP contribution in [0.25, 0.3) is 0 Å². The van der Waals surface area contributed by atoms with Gasteiger partial charge in [-0.15, -0.1) is 0 Å². The zero-order valence-electron chi connectivity index (χ0n) is 13.8. The molecule has 0 bridgehead atoms. The molecule has 1 heterocycles. The number of aromatic nitrogens is 1. The van der Waals surface area contributed by atoms with E-state index in [4.69, 9.17) is 0 Å². The van der Waals surface area contributed by atoms with Crippen molar-refractivity contribution in [1.29, 1.82) is 0 Å². The van der Waals surface area contributed by atoms with E-state index < -0.39 is 17.6 Å². The Hall–Kier alpha value is -2.90. The quantitative estimate of drug-likeness (QED) is 0.741. The van der Waals surface area contributed by atoms with Gasteiger partial charge in [-0.2, -0.15) is 13.2 Å². The van der Waals surface area contributed by atoms with Gasteiger partial charge in [0.15, 0.2) is 0 Å². The largest absolute Gasteiger partial charge is 0.416 e. The maximum Gasteiger partial charge on any atom is 0.416 e. The molecule has 2 aromatic rings. The molecule has 0 aliphatic rings. The average molecular weight is 365 g/mol. The van der Waals surface area contributed by atoms with E-state index >= 15 is 0 Å². The summed E-state index contributed by atoms with van der Waals surface area (Å²) in [5.41, 5.74) is 0.322. The van der Waals surface area contributed by atoms with Crippen molar-refractivity contribution in [3.05, 3.63) is 65.5 Å². The van der Waals surface area contributed by atoms with E-state index in [-0.39, 0.29) is 24.6 Å². The number of carbonyl (C=O) groups is 2. The number of amides is 2. The fraction of sp³-hybridized carbons (Fsp3) is 0.278. The maximum absolute atomic E-state index is 12.5. The fourth-order valence-electron chi connectivity index (χ4n) is 2.19. The van der Waals surface area contributed by atoms with Crippen LogP contribution in [0.4, 0.5) is 13.2 Å². The molecule has 0 spiro atoms. The van der Waals surface area contributed by atoms with Crippen LogP contribution in [-0.4, -0.2) is 29.9 Å². The number of halogens is 3. The molecule has 0 fully saturated rings. The molecule has 0 aliphatic carbocycles. The van der Waals surface area contributed by atoms with Crippen molar-refractivity contribution in [1.82, 2.24) is 15.6 Å². The summed E-state index contributed by atoms with van der Waals surface area (Å²) in [4.78, 5) is 27.5. The van der Waals surface area contributed by atoms with Crippen LogP contribution < -0.4 is 10.6 Å². The van der Waals surface area contributed by atoms with Crippen LogP contribution in [0.3, 0.4) is 0 Å². The van der Waals surface area contributed by atoms with Gasteiger partial charge in [-0.1, -0.05) is 0 Å². The predicted molar refractivity (Wildman–Crippen MR) is 89.3 cm³/mol. The van der Waals surface area contributed by atoms with E-state index in [1.807, 2.05) is 12.1 Å². The number of nitrogens with one attached hydrogen (secondary N) is 2. The number of benzene rings is 1. The van der Waals surface area contributed by atoms with E-state index in [9.17, 15) is 22.8 Å². The molecule has 5 nitrogen and oxygen atoms in total. The molecule has 2 N–H and O–H groups in total. The smallest absolute Gasteiger partial charge is 0.354 e. The van der Waals surface area contributed by atoms with Gasteiger partial charge in [0.2, 0.25) is 5.91 Å². The summed E-state index contributed by atoms with van der Waals surface area (Å²) in [6.45, 7) is 0.419. The number of alkyl halides is 3. The van der Waals surface area contributed by atoms with Crippen LogP contribution in [0.2, 0.25) is 0 Å². The Morgan fingerprint density at radius 2 is 1.54 bits per heavy atom. The maximum atomic E-state index is 12.5. The first-order valence-electron chi connectivity index (χ1n) is 7.97. The summed E-state index contributed by atoms with van der Waals surface area (Å²) in [6, 6.07) is 7.61. The van der Waals surface area contributed by atoms with Crippen molar-refractivity contribution < 1.29 is 22.8 Å². The molecule has 0 saturated heterocycles. The van der Waals surface area contributed by atoms with E-state index in [1.54, 1.807) is 12.4 Å². The molecule has 1 aromatic heterocycles. The lowest BCUT2D eigenvalue weighted by molar-refractivity contribution is -0.137. The number of hydrogen-bond acceptors (Lipinski definition) is 3. The number of pyridine rings is 1. The van der Waals surface area contributed by atoms with E-state index in [0.29, 0.717) is 12.8 Å². The minimum absolute atomic E-state index is 0.127. The molecule has 2 amide bonds. The highest BCUT2D eigenvalue weighted by atomic mass is 19.4. The van der Waals surface area contributed by atoms with Crippen LogP contribution in [0.15, 0.2) is 48.8 Å². The van der Waals surface area contributed by atoms with Gasteiger partial charge in [0.05, 0.1) is 5.56 Å². The van der Waals surface area contributed by atoms with Gasteiger partial charge in [0.1, 0.15) is 0 Å². The molecule has 0 unspecified atom stereocenters. The summed E-state index contributed by atoms with van der Waals surface area (Å²) in [6.07, 6.45) is -0.216. The molecule has 1 aromatic carbocycles. The van der Waals surface area contributed by atoms with Crippen molar-refractivity contribution in [3.63, 3.8) is 0 Å². The number of rotatable bonds is 7. The second-order valence-corrected chi connectivity index (χ2v) is 5.54. The van der Waals surface area contributed by atoms with Crippen molar-refractivity contribution >= 4 is 11.8 Å². The molecule has 138 valence electrons. The highest BCUT2D eigenvalue weighted by Gasteiger charge is 2.30. The van der Waals surface area contributed by atoms with Crippen LogP contribution >= 0.6 is 0 Å². The molecule has 0 atom stereocenters.